The summed E-state index contributed by atoms with van der Waals surface area (Å²) in [6.45, 7) is 7.60. The van der Waals surface area contributed by atoms with Gasteiger partial charge in [-0.25, -0.2) is 0 Å². The van der Waals surface area contributed by atoms with Crippen LogP contribution >= 0.6 is 8.60 Å². The highest BCUT2D eigenvalue weighted by Crippen LogP contribution is 2.43. The van der Waals surface area contributed by atoms with Crippen molar-refractivity contribution in [3.63, 3.8) is 0 Å². The largest absolute Gasteiger partial charge is 0.332 e. The topological polar surface area (TPSA) is 27.7 Å². The summed E-state index contributed by atoms with van der Waals surface area (Å²) in [6.07, 6.45) is 1.69. The molecule has 64 valence electrons. The van der Waals surface area contributed by atoms with Gasteiger partial charge in [0.2, 0.25) is 0 Å². The van der Waals surface area contributed by atoms with E-state index in [1.807, 2.05) is 0 Å². The average Bonchev–Trinajstić information content (AvgIpc) is 2.04. The highest BCUT2D eigenvalue weighted by atomic mass is 31.2. The van der Waals surface area contributed by atoms with Crippen LogP contribution < -0.4 is 0 Å². The van der Waals surface area contributed by atoms with Gasteiger partial charge in [0, 0.05) is 5.92 Å². The second kappa shape index (κ2) is 4.83. The molecular weight excluding hydrogens is 163 g/mol. The molecule has 0 radical (unpaired) electrons. The van der Waals surface area contributed by atoms with Gasteiger partial charge in [-0.05, 0) is 0 Å². The fraction of sp³-hybridized carbons (Fsp3) is 0.714. The quantitative estimate of drug-likeness (QED) is 0.486. The fourth-order valence-electron chi connectivity index (χ4n) is 0.650. The molecule has 11 heavy (non-hydrogen) atoms. The van der Waals surface area contributed by atoms with Gasteiger partial charge in [0.25, 0.3) is 0 Å². The Kier molecular flexibility index (Phi) is 4.02. The van der Waals surface area contributed by atoms with Crippen molar-refractivity contribution in [2.45, 2.75) is 6.92 Å². The number of hydrogen-bond acceptors (Lipinski definition) is 3. The molecule has 0 unspecified atom stereocenters. The van der Waals surface area contributed by atoms with Gasteiger partial charge >= 0.3 is 8.60 Å². The summed E-state index contributed by atoms with van der Waals surface area (Å²) in [4.78, 5) is 0. The van der Waals surface area contributed by atoms with Crippen molar-refractivity contribution in [2.75, 3.05) is 19.8 Å². The van der Waals surface area contributed by atoms with Crippen LogP contribution in [-0.4, -0.2) is 19.8 Å². The van der Waals surface area contributed by atoms with E-state index in [1.54, 1.807) is 6.08 Å². The van der Waals surface area contributed by atoms with Crippen LogP contribution in [0.15, 0.2) is 12.7 Å². The van der Waals surface area contributed by atoms with Crippen LogP contribution in [0, 0.1) is 5.92 Å². The maximum atomic E-state index is 5.26. The summed E-state index contributed by atoms with van der Waals surface area (Å²) >= 11 is 0. The zero-order valence-electron chi connectivity index (χ0n) is 6.66. The molecule has 0 aromatic heterocycles. The highest BCUT2D eigenvalue weighted by molar-refractivity contribution is 7.41. The molecule has 1 aliphatic heterocycles. The van der Waals surface area contributed by atoms with Crippen molar-refractivity contribution in [2.24, 2.45) is 5.92 Å². The molecule has 0 spiro atoms. The molecular formula is C7H13O3P. The molecule has 1 rings (SSSR count). The summed E-state index contributed by atoms with van der Waals surface area (Å²) in [5, 5.41) is 0. The minimum absolute atomic E-state index is 0.487. The zero-order valence-corrected chi connectivity index (χ0v) is 7.55. The Morgan fingerprint density at radius 2 is 2.27 bits per heavy atom. The summed E-state index contributed by atoms with van der Waals surface area (Å²) in [5.41, 5.74) is 0. The van der Waals surface area contributed by atoms with Gasteiger partial charge in [-0.15, -0.1) is 6.58 Å². The average molecular weight is 176 g/mol. The Bertz CT molecular complexity index is 121. The molecule has 0 bridgehead atoms. The van der Waals surface area contributed by atoms with E-state index in [0.29, 0.717) is 12.5 Å². The Balaban J connectivity index is 2.12. The number of rotatable bonds is 3. The Morgan fingerprint density at radius 3 is 2.82 bits per heavy atom. The molecule has 1 fully saturated rings. The molecule has 1 aliphatic rings. The molecule has 0 aromatic rings. The minimum atomic E-state index is -1.08. The van der Waals surface area contributed by atoms with Crippen LogP contribution in [0.2, 0.25) is 0 Å². The maximum absolute atomic E-state index is 5.26. The Hall–Kier alpha value is 0.0500. The third kappa shape index (κ3) is 3.30. The van der Waals surface area contributed by atoms with E-state index in [9.17, 15) is 0 Å². The molecule has 0 amide bonds. The lowest BCUT2D eigenvalue weighted by Crippen LogP contribution is -2.16. The molecule has 0 atom stereocenters. The molecule has 1 saturated heterocycles. The van der Waals surface area contributed by atoms with Crippen LogP contribution in [0.5, 0.6) is 0 Å². The van der Waals surface area contributed by atoms with Gasteiger partial charge in [-0.2, -0.15) is 0 Å². The predicted octanol–water partition coefficient (Wildman–Crippen LogP) is 2.10. The molecule has 0 N–H and O–H groups in total. The zero-order chi connectivity index (χ0) is 8.10. The van der Waals surface area contributed by atoms with Gasteiger partial charge < -0.3 is 13.6 Å². The predicted molar refractivity (Wildman–Crippen MR) is 44.1 cm³/mol. The normalized spacial score (nSPS) is 31.7. The molecule has 1 heterocycles. The second-order valence-electron chi connectivity index (χ2n) is 2.50. The molecule has 4 heteroatoms. The van der Waals surface area contributed by atoms with Crippen molar-refractivity contribution in [3.8, 4) is 0 Å². The van der Waals surface area contributed by atoms with Crippen molar-refractivity contribution in [1.82, 2.24) is 0 Å². The van der Waals surface area contributed by atoms with Crippen molar-refractivity contribution in [3.05, 3.63) is 12.7 Å². The highest BCUT2D eigenvalue weighted by Gasteiger charge is 2.20. The van der Waals surface area contributed by atoms with Gasteiger partial charge in [0.1, 0.15) is 0 Å². The number of hydrogen-bond donors (Lipinski definition) is 0. The summed E-state index contributed by atoms with van der Waals surface area (Å²) in [7, 11) is -1.08. The van der Waals surface area contributed by atoms with E-state index in [2.05, 4.69) is 13.5 Å². The van der Waals surface area contributed by atoms with Crippen LogP contribution in [0.3, 0.4) is 0 Å². The summed E-state index contributed by atoms with van der Waals surface area (Å²) < 4.78 is 15.7. The second-order valence-corrected chi connectivity index (χ2v) is 3.73. The first-order chi connectivity index (χ1) is 5.33. The summed E-state index contributed by atoms with van der Waals surface area (Å²) in [6, 6.07) is 0. The molecule has 0 aliphatic carbocycles. The lowest BCUT2D eigenvalue weighted by atomic mass is 10.2. The monoisotopic (exact) mass is 176 g/mol. The van der Waals surface area contributed by atoms with Crippen molar-refractivity contribution >= 4 is 8.60 Å². The summed E-state index contributed by atoms with van der Waals surface area (Å²) in [5.74, 6) is 0.487. The van der Waals surface area contributed by atoms with Gasteiger partial charge in [-0.3, -0.25) is 0 Å². The first kappa shape index (κ1) is 9.14. The fourth-order valence-corrected chi connectivity index (χ4v) is 1.85. The van der Waals surface area contributed by atoms with Crippen molar-refractivity contribution in [1.29, 1.82) is 0 Å². The lowest BCUT2D eigenvalue weighted by Gasteiger charge is -2.24. The Morgan fingerprint density at radius 1 is 1.64 bits per heavy atom. The lowest BCUT2D eigenvalue weighted by molar-refractivity contribution is 0.0841. The standard InChI is InChI=1S/C7H13O3P/c1-3-4-8-11-9-5-7(2)6-10-11/h3,7H,1,4-6H2,2H3. The van der Waals surface area contributed by atoms with E-state index in [0.717, 1.165) is 13.2 Å². The molecule has 0 aromatic carbocycles. The first-order valence-electron chi connectivity index (χ1n) is 3.62. The van der Waals surface area contributed by atoms with E-state index in [1.165, 1.54) is 0 Å². The van der Waals surface area contributed by atoms with E-state index < -0.39 is 8.60 Å². The van der Waals surface area contributed by atoms with Crippen LogP contribution in [-0.2, 0) is 13.6 Å². The van der Waals surface area contributed by atoms with Crippen LogP contribution in [0.1, 0.15) is 6.92 Å². The maximum Gasteiger partial charge on any atom is 0.332 e. The third-order valence-electron chi connectivity index (χ3n) is 1.23. The van der Waals surface area contributed by atoms with Gasteiger partial charge in [0.15, 0.2) is 0 Å². The van der Waals surface area contributed by atoms with Crippen LogP contribution in [0.25, 0.3) is 0 Å². The SMILES string of the molecule is C=CCOP1OCC(C)CO1. The van der Waals surface area contributed by atoms with Gasteiger partial charge in [-0.1, -0.05) is 13.0 Å². The van der Waals surface area contributed by atoms with Crippen molar-refractivity contribution < 1.29 is 13.6 Å². The smallest absolute Gasteiger partial charge is 0.312 e. The van der Waals surface area contributed by atoms with E-state index >= 15 is 0 Å². The third-order valence-corrected chi connectivity index (χ3v) is 2.31. The minimum Gasteiger partial charge on any atom is -0.312 e. The Labute approximate surface area is 68.3 Å². The van der Waals surface area contributed by atoms with E-state index in [4.69, 9.17) is 13.6 Å². The van der Waals surface area contributed by atoms with Gasteiger partial charge in [0.05, 0.1) is 19.8 Å². The first-order valence-corrected chi connectivity index (χ1v) is 4.72. The molecule has 0 saturated carbocycles. The van der Waals surface area contributed by atoms with Crippen LogP contribution in [0.4, 0.5) is 0 Å². The molecule has 3 nitrogen and oxygen atoms in total. The van der Waals surface area contributed by atoms with E-state index in [-0.39, 0.29) is 0 Å².